The Balaban J connectivity index is 0.00000240. The lowest BCUT2D eigenvalue weighted by molar-refractivity contribution is -0.113. The normalized spacial score (nSPS) is 13.9. The van der Waals surface area contributed by atoms with Crippen molar-refractivity contribution in [2.45, 2.75) is 38.1 Å². The molecular weight excluding hydrogens is 424 g/mol. The second kappa shape index (κ2) is 9.78. The number of thioether (sulfide) groups is 1. The number of carbonyl (C=O) groups excluding carboxylic acids is 1. The molecule has 1 N–H and O–H groups in total. The minimum atomic E-state index is -0.0212. The molecule has 1 aliphatic heterocycles. The predicted molar refractivity (Wildman–Crippen MR) is 126 cm³/mol. The van der Waals surface area contributed by atoms with Crippen LogP contribution in [0.2, 0.25) is 0 Å². The number of aromatic nitrogens is 2. The Hall–Kier alpha value is -1.83. The molecule has 1 fully saturated rings. The highest BCUT2D eigenvalue weighted by molar-refractivity contribution is 8.00. The molecule has 1 aliphatic rings. The molecular formula is C21H25ClN4OS2. The van der Waals surface area contributed by atoms with Crippen LogP contribution in [0.25, 0.3) is 10.2 Å². The zero-order chi connectivity index (χ0) is 19.5. The Labute approximate surface area is 185 Å². The molecule has 1 amide bonds. The van der Waals surface area contributed by atoms with E-state index in [9.17, 15) is 4.79 Å². The number of halogens is 1. The summed E-state index contributed by atoms with van der Waals surface area (Å²) in [7, 11) is 0. The Morgan fingerprint density at radius 3 is 2.59 bits per heavy atom. The van der Waals surface area contributed by atoms with Crippen LogP contribution in [0.5, 0.6) is 0 Å². The van der Waals surface area contributed by atoms with E-state index in [4.69, 9.17) is 0 Å². The number of hydrogen-bond acceptors (Lipinski definition) is 6. The van der Waals surface area contributed by atoms with Gasteiger partial charge in [-0.25, -0.2) is 9.97 Å². The van der Waals surface area contributed by atoms with Gasteiger partial charge in [0.05, 0.1) is 5.75 Å². The van der Waals surface area contributed by atoms with Crippen LogP contribution in [-0.4, -0.2) is 34.7 Å². The Morgan fingerprint density at radius 1 is 1.14 bits per heavy atom. The van der Waals surface area contributed by atoms with Crippen LogP contribution in [0.1, 0.15) is 29.7 Å². The van der Waals surface area contributed by atoms with Gasteiger partial charge in [0.25, 0.3) is 0 Å². The van der Waals surface area contributed by atoms with Crippen molar-refractivity contribution < 1.29 is 4.79 Å². The van der Waals surface area contributed by atoms with Gasteiger partial charge in [-0.05, 0) is 62.9 Å². The van der Waals surface area contributed by atoms with Crippen molar-refractivity contribution in [3.8, 4) is 0 Å². The van der Waals surface area contributed by atoms with E-state index in [0.29, 0.717) is 5.75 Å². The summed E-state index contributed by atoms with van der Waals surface area (Å²) in [5.74, 6) is 0.306. The van der Waals surface area contributed by atoms with Crippen LogP contribution in [0, 0.1) is 13.8 Å². The number of amides is 1. The number of rotatable bonds is 5. The monoisotopic (exact) mass is 448 g/mol. The number of benzene rings is 1. The van der Waals surface area contributed by atoms with E-state index in [2.05, 4.69) is 46.2 Å². The minimum absolute atomic E-state index is 0. The highest BCUT2D eigenvalue weighted by atomic mass is 35.5. The molecule has 0 aliphatic carbocycles. The van der Waals surface area contributed by atoms with Crippen molar-refractivity contribution in [1.29, 1.82) is 0 Å². The van der Waals surface area contributed by atoms with Gasteiger partial charge in [-0.15, -0.1) is 23.7 Å². The van der Waals surface area contributed by atoms with E-state index in [-0.39, 0.29) is 18.3 Å². The lowest BCUT2D eigenvalue weighted by Crippen LogP contribution is -2.29. The molecule has 0 bridgehead atoms. The van der Waals surface area contributed by atoms with E-state index in [1.54, 1.807) is 17.7 Å². The first kappa shape index (κ1) is 21.9. The van der Waals surface area contributed by atoms with Crippen LogP contribution in [0.3, 0.4) is 0 Å². The van der Waals surface area contributed by atoms with Crippen LogP contribution in [0.4, 0.5) is 11.4 Å². The number of thiophene rings is 1. The fourth-order valence-electron chi connectivity index (χ4n) is 3.50. The summed E-state index contributed by atoms with van der Waals surface area (Å²) in [4.78, 5) is 25.8. The largest absolute Gasteiger partial charge is 0.372 e. The highest BCUT2D eigenvalue weighted by Gasteiger charge is 2.14. The summed E-state index contributed by atoms with van der Waals surface area (Å²) in [5, 5.41) is 4.95. The van der Waals surface area contributed by atoms with Crippen molar-refractivity contribution in [3.05, 3.63) is 41.0 Å². The highest BCUT2D eigenvalue weighted by Crippen LogP contribution is 2.34. The van der Waals surface area contributed by atoms with Gasteiger partial charge in [0.1, 0.15) is 16.2 Å². The molecule has 2 aromatic heterocycles. The van der Waals surface area contributed by atoms with E-state index < -0.39 is 0 Å². The third-order valence-corrected chi connectivity index (χ3v) is 7.25. The van der Waals surface area contributed by atoms with Crippen LogP contribution in [-0.2, 0) is 4.79 Å². The van der Waals surface area contributed by atoms with Gasteiger partial charge in [-0.3, -0.25) is 4.79 Å². The molecule has 5 nitrogen and oxygen atoms in total. The number of hydrogen-bond donors (Lipinski definition) is 1. The van der Waals surface area contributed by atoms with Crippen LogP contribution in [0.15, 0.2) is 35.6 Å². The first-order valence-electron chi connectivity index (χ1n) is 9.60. The molecule has 0 atom stereocenters. The first-order chi connectivity index (χ1) is 13.6. The van der Waals surface area contributed by atoms with E-state index >= 15 is 0 Å². The summed E-state index contributed by atoms with van der Waals surface area (Å²) in [6.07, 6.45) is 5.42. The smallest absolute Gasteiger partial charge is 0.234 e. The number of fused-ring (bicyclic) bond motifs is 1. The molecule has 3 heterocycles. The maximum Gasteiger partial charge on any atom is 0.234 e. The molecule has 0 spiro atoms. The molecule has 1 aromatic carbocycles. The topological polar surface area (TPSA) is 58.1 Å². The summed E-state index contributed by atoms with van der Waals surface area (Å²) < 4.78 is 0. The van der Waals surface area contributed by atoms with Crippen LogP contribution < -0.4 is 10.2 Å². The van der Waals surface area contributed by atoms with E-state index in [1.165, 1.54) is 47.2 Å². The fraction of sp³-hybridized carbons (Fsp3) is 0.381. The van der Waals surface area contributed by atoms with Crippen LogP contribution >= 0.6 is 35.5 Å². The van der Waals surface area contributed by atoms with Gasteiger partial charge in [0.2, 0.25) is 5.91 Å². The van der Waals surface area contributed by atoms with Gasteiger partial charge in [-0.1, -0.05) is 11.8 Å². The maximum atomic E-state index is 12.4. The second-order valence-electron chi connectivity index (χ2n) is 7.07. The molecule has 3 aromatic rings. The average Bonchev–Trinajstić information content (AvgIpc) is 3.02. The van der Waals surface area contributed by atoms with Gasteiger partial charge < -0.3 is 10.2 Å². The minimum Gasteiger partial charge on any atom is -0.372 e. The predicted octanol–water partition coefficient (Wildman–Crippen LogP) is 5.45. The molecule has 0 unspecified atom stereocenters. The first-order valence-corrected chi connectivity index (χ1v) is 11.4. The molecule has 1 saturated heterocycles. The van der Waals surface area contributed by atoms with Crippen molar-refractivity contribution >= 4 is 63.0 Å². The summed E-state index contributed by atoms with van der Waals surface area (Å²) in [5.41, 5.74) is 3.28. The van der Waals surface area contributed by atoms with E-state index in [0.717, 1.165) is 34.0 Å². The summed E-state index contributed by atoms with van der Waals surface area (Å²) in [6, 6.07) is 8.17. The SMILES string of the molecule is Cc1sc2ncnc(SCC(=O)Nc3ccc(N4CCCCC4)cc3)c2c1C.Cl. The number of piperidine rings is 1. The second-order valence-corrected chi connectivity index (χ2v) is 9.24. The summed E-state index contributed by atoms with van der Waals surface area (Å²) in [6.45, 7) is 6.43. The number of anilines is 2. The third kappa shape index (κ3) is 5.02. The molecule has 0 radical (unpaired) electrons. The average molecular weight is 449 g/mol. The van der Waals surface area contributed by atoms with Gasteiger partial charge in [0.15, 0.2) is 0 Å². The lowest BCUT2D eigenvalue weighted by Gasteiger charge is -2.28. The number of carbonyl (C=O) groups is 1. The summed E-state index contributed by atoms with van der Waals surface area (Å²) >= 11 is 3.14. The quantitative estimate of drug-likeness (QED) is 0.415. The fourth-order valence-corrected chi connectivity index (χ4v) is 5.42. The Bertz CT molecular complexity index is 984. The number of nitrogens with zero attached hydrogens (tertiary/aromatic N) is 3. The third-order valence-electron chi connectivity index (χ3n) is 5.14. The maximum absolute atomic E-state index is 12.4. The van der Waals surface area contributed by atoms with Crippen molar-refractivity contribution in [2.24, 2.45) is 0 Å². The molecule has 154 valence electrons. The van der Waals surface area contributed by atoms with Crippen molar-refractivity contribution in [3.63, 3.8) is 0 Å². The van der Waals surface area contributed by atoms with Gasteiger partial charge >= 0.3 is 0 Å². The number of aryl methyl sites for hydroxylation is 2. The Kier molecular flexibility index (Phi) is 7.38. The molecule has 4 rings (SSSR count). The zero-order valence-corrected chi connectivity index (χ0v) is 19.1. The lowest BCUT2D eigenvalue weighted by atomic mass is 10.1. The van der Waals surface area contributed by atoms with Gasteiger partial charge in [0, 0.05) is 34.7 Å². The zero-order valence-electron chi connectivity index (χ0n) is 16.6. The standard InChI is InChI=1S/C21H24N4OS2.ClH/c1-14-15(2)28-21-19(14)20(22-13-23-21)27-12-18(26)24-16-6-8-17(9-7-16)25-10-4-3-5-11-25;/h6-9,13H,3-5,10-12H2,1-2H3,(H,24,26);1H. The molecule has 29 heavy (non-hydrogen) atoms. The van der Waals surface area contributed by atoms with Crippen molar-refractivity contribution in [1.82, 2.24) is 9.97 Å². The molecule has 0 saturated carbocycles. The van der Waals surface area contributed by atoms with Gasteiger partial charge in [-0.2, -0.15) is 0 Å². The molecule has 8 heteroatoms. The Morgan fingerprint density at radius 2 is 1.86 bits per heavy atom. The van der Waals surface area contributed by atoms with E-state index in [1.807, 2.05) is 12.1 Å². The number of nitrogens with one attached hydrogen (secondary N) is 1. The van der Waals surface area contributed by atoms with Crippen molar-refractivity contribution in [2.75, 3.05) is 29.1 Å².